The summed E-state index contributed by atoms with van der Waals surface area (Å²) in [6.07, 6.45) is 1.18. The molecule has 1 aromatic carbocycles. The van der Waals surface area contributed by atoms with Gasteiger partial charge in [-0.05, 0) is 44.4 Å². The number of hydrogen-bond donors (Lipinski definition) is 1. The highest BCUT2D eigenvalue weighted by Crippen LogP contribution is 2.19. The van der Waals surface area contributed by atoms with Crippen LogP contribution < -0.4 is 10.1 Å². The van der Waals surface area contributed by atoms with Crippen molar-refractivity contribution in [3.63, 3.8) is 0 Å². The van der Waals surface area contributed by atoms with Crippen LogP contribution >= 0.6 is 0 Å². The number of carbonyl (C=O) groups is 2. The Bertz CT molecular complexity index is 566. The SMILES string of the molecule is CCOC(=O)N1CCC(NC(=O)c2ccc(C)c(OC)c2)CC1. The highest BCUT2D eigenvalue weighted by Gasteiger charge is 2.24. The van der Waals surface area contributed by atoms with E-state index in [1.807, 2.05) is 13.0 Å². The summed E-state index contributed by atoms with van der Waals surface area (Å²) in [5.74, 6) is 0.590. The first-order valence-corrected chi connectivity index (χ1v) is 7.92. The van der Waals surface area contributed by atoms with Crippen molar-refractivity contribution >= 4 is 12.0 Å². The summed E-state index contributed by atoms with van der Waals surface area (Å²) in [5, 5.41) is 3.02. The van der Waals surface area contributed by atoms with E-state index in [1.165, 1.54) is 0 Å². The third-order valence-corrected chi connectivity index (χ3v) is 4.03. The molecule has 0 aromatic heterocycles. The molecule has 0 radical (unpaired) electrons. The maximum Gasteiger partial charge on any atom is 0.409 e. The van der Waals surface area contributed by atoms with E-state index < -0.39 is 0 Å². The minimum absolute atomic E-state index is 0.0699. The third-order valence-electron chi connectivity index (χ3n) is 4.03. The van der Waals surface area contributed by atoms with Crippen LogP contribution in [-0.2, 0) is 4.74 Å². The Morgan fingerprint density at radius 2 is 2.00 bits per heavy atom. The molecule has 1 aliphatic rings. The van der Waals surface area contributed by atoms with Gasteiger partial charge in [0.2, 0.25) is 0 Å². The van der Waals surface area contributed by atoms with Crippen molar-refractivity contribution in [2.75, 3.05) is 26.8 Å². The Kier molecular flexibility index (Phi) is 5.84. The van der Waals surface area contributed by atoms with Gasteiger partial charge in [0.1, 0.15) is 5.75 Å². The predicted octanol–water partition coefficient (Wildman–Crippen LogP) is 2.35. The highest BCUT2D eigenvalue weighted by atomic mass is 16.6. The number of nitrogens with one attached hydrogen (secondary N) is 1. The van der Waals surface area contributed by atoms with Crippen LogP contribution in [0.3, 0.4) is 0 Å². The van der Waals surface area contributed by atoms with E-state index in [2.05, 4.69) is 5.32 Å². The fourth-order valence-corrected chi connectivity index (χ4v) is 2.65. The molecular formula is C17H24N2O4. The van der Waals surface area contributed by atoms with Crippen LogP contribution in [0.25, 0.3) is 0 Å². The molecule has 0 saturated carbocycles. The van der Waals surface area contributed by atoms with Gasteiger partial charge in [0.05, 0.1) is 13.7 Å². The van der Waals surface area contributed by atoms with Crippen LogP contribution in [0.1, 0.15) is 35.7 Å². The number of hydrogen-bond acceptors (Lipinski definition) is 4. The second-order valence-corrected chi connectivity index (χ2v) is 5.62. The zero-order chi connectivity index (χ0) is 16.8. The van der Waals surface area contributed by atoms with E-state index >= 15 is 0 Å². The molecule has 1 saturated heterocycles. The van der Waals surface area contributed by atoms with Gasteiger partial charge in [-0.1, -0.05) is 6.07 Å². The van der Waals surface area contributed by atoms with E-state index in [4.69, 9.17) is 9.47 Å². The van der Waals surface area contributed by atoms with E-state index in [0.717, 1.165) is 18.4 Å². The Hall–Kier alpha value is -2.24. The van der Waals surface area contributed by atoms with Crippen LogP contribution in [0.15, 0.2) is 18.2 Å². The number of methoxy groups -OCH3 is 1. The summed E-state index contributed by atoms with van der Waals surface area (Å²) >= 11 is 0. The summed E-state index contributed by atoms with van der Waals surface area (Å²) in [6.45, 7) is 5.30. The first kappa shape index (κ1) is 17.1. The van der Waals surface area contributed by atoms with Crippen molar-refractivity contribution < 1.29 is 19.1 Å². The minimum atomic E-state index is -0.277. The lowest BCUT2D eigenvalue weighted by Crippen LogP contribution is -2.46. The number of nitrogens with zero attached hydrogens (tertiary/aromatic N) is 1. The predicted molar refractivity (Wildman–Crippen MR) is 86.8 cm³/mol. The van der Waals surface area contributed by atoms with E-state index in [9.17, 15) is 9.59 Å². The maximum absolute atomic E-state index is 12.3. The zero-order valence-electron chi connectivity index (χ0n) is 13.9. The summed E-state index contributed by atoms with van der Waals surface area (Å²) < 4.78 is 10.2. The molecule has 1 N–H and O–H groups in total. The number of likely N-dealkylation sites (tertiary alicyclic amines) is 1. The monoisotopic (exact) mass is 320 g/mol. The number of piperidine rings is 1. The van der Waals surface area contributed by atoms with Crippen molar-refractivity contribution in [3.8, 4) is 5.75 Å². The van der Waals surface area contributed by atoms with Crippen molar-refractivity contribution in [3.05, 3.63) is 29.3 Å². The number of amides is 2. The number of aryl methyl sites for hydroxylation is 1. The molecule has 126 valence electrons. The largest absolute Gasteiger partial charge is 0.496 e. The van der Waals surface area contributed by atoms with Crippen LogP contribution in [0.2, 0.25) is 0 Å². The Balaban J connectivity index is 1.89. The molecule has 23 heavy (non-hydrogen) atoms. The van der Waals surface area contributed by atoms with E-state index in [-0.39, 0.29) is 18.0 Å². The van der Waals surface area contributed by atoms with Gasteiger partial charge in [-0.2, -0.15) is 0 Å². The van der Waals surface area contributed by atoms with Gasteiger partial charge in [-0.25, -0.2) is 4.79 Å². The van der Waals surface area contributed by atoms with Crippen LogP contribution in [-0.4, -0.2) is 49.7 Å². The van der Waals surface area contributed by atoms with Crippen molar-refractivity contribution in [1.29, 1.82) is 0 Å². The lowest BCUT2D eigenvalue weighted by atomic mass is 10.0. The topological polar surface area (TPSA) is 67.9 Å². The highest BCUT2D eigenvalue weighted by molar-refractivity contribution is 5.94. The fourth-order valence-electron chi connectivity index (χ4n) is 2.65. The molecule has 6 nitrogen and oxygen atoms in total. The van der Waals surface area contributed by atoms with Gasteiger partial charge in [0.15, 0.2) is 0 Å². The smallest absolute Gasteiger partial charge is 0.409 e. The van der Waals surface area contributed by atoms with Gasteiger partial charge in [-0.15, -0.1) is 0 Å². The standard InChI is InChI=1S/C17H24N2O4/c1-4-23-17(21)19-9-7-14(8-10-19)18-16(20)13-6-5-12(2)15(11-13)22-3/h5-6,11,14H,4,7-10H2,1-3H3,(H,18,20). The van der Waals surface area contributed by atoms with Crippen molar-refractivity contribution in [2.24, 2.45) is 0 Å². The lowest BCUT2D eigenvalue weighted by Gasteiger charge is -2.31. The average Bonchev–Trinajstić information content (AvgIpc) is 2.56. The third kappa shape index (κ3) is 4.37. The second-order valence-electron chi connectivity index (χ2n) is 5.62. The second kappa shape index (κ2) is 7.85. The van der Waals surface area contributed by atoms with Crippen molar-refractivity contribution in [1.82, 2.24) is 10.2 Å². The molecule has 1 aromatic rings. The molecule has 0 atom stereocenters. The van der Waals surface area contributed by atoms with Gasteiger partial charge in [-0.3, -0.25) is 4.79 Å². The molecule has 0 unspecified atom stereocenters. The number of rotatable bonds is 4. The van der Waals surface area contributed by atoms with Crippen LogP contribution in [0.5, 0.6) is 5.75 Å². The molecule has 0 bridgehead atoms. The summed E-state index contributed by atoms with van der Waals surface area (Å²) in [5.41, 5.74) is 1.58. The molecule has 6 heteroatoms. The molecule has 2 amide bonds. The molecular weight excluding hydrogens is 296 g/mol. The summed E-state index contributed by atoms with van der Waals surface area (Å²) in [6, 6.07) is 5.48. The lowest BCUT2D eigenvalue weighted by molar-refractivity contribution is 0.0860. The summed E-state index contributed by atoms with van der Waals surface area (Å²) in [4.78, 5) is 25.7. The van der Waals surface area contributed by atoms with Crippen molar-refractivity contribution in [2.45, 2.75) is 32.7 Å². The quantitative estimate of drug-likeness (QED) is 0.925. The first-order valence-electron chi connectivity index (χ1n) is 7.92. The van der Waals surface area contributed by atoms with Gasteiger partial charge >= 0.3 is 6.09 Å². The maximum atomic E-state index is 12.3. The average molecular weight is 320 g/mol. The first-order chi connectivity index (χ1) is 11.0. The Morgan fingerprint density at radius 1 is 1.30 bits per heavy atom. The fraction of sp³-hybridized carbons (Fsp3) is 0.529. The molecule has 1 aliphatic heterocycles. The van der Waals surface area contributed by atoms with Gasteiger partial charge in [0.25, 0.3) is 5.91 Å². The van der Waals surface area contributed by atoms with Gasteiger partial charge in [0, 0.05) is 24.7 Å². The molecule has 0 aliphatic carbocycles. The minimum Gasteiger partial charge on any atom is -0.496 e. The Morgan fingerprint density at radius 3 is 2.61 bits per heavy atom. The zero-order valence-corrected chi connectivity index (χ0v) is 13.9. The number of carbonyl (C=O) groups excluding carboxylic acids is 2. The molecule has 1 fully saturated rings. The molecule has 1 heterocycles. The Labute approximate surface area is 136 Å². The van der Waals surface area contributed by atoms with E-state index in [0.29, 0.717) is 31.0 Å². The normalized spacial score (nSPS) is 15.2. The molecule has 2 rings (SSSR count). The summed E-state index contributed by atoms with van der Waals surface area (Å²) in [7, 11) is 1.59. The van der Waals surface area contributed by atoms with E-state index in [1.54, 1.807) is 31.1 Å². The van der Waals surface area contributed by atoms with Crippen LogP contribution in [0, 0.1) is 6.92 Å². The van der Waals surface area contributed by atoms with Crippen LogP contribution in [0.4, 0.5) is 4.79 Å². The number of ether oxygens (including phenoxy) is 2. The van der Waals surface area contributed by atoms with Gasteiger partial charge < -0.3 is 19.7 Å². The number of benzene rings is 1. The molecule has 0 spiro atoms.